The van der Waals surface area contributed by atoms with Gasteiger partial charge in [-0.05, 0) is 114 Å². The SMILES string of the molecule is CC(=O)[C@H](COP(=O)(OCc1cccc(OC(=O)CCc2ccccc2OCc2cccc(Oc3ccccc3)c2)c1)OC(C)(C)C)NC(=O)OC(C)(C)C. The van der Waals surface area contributed by atoms with Gasteiger partial charge in [-0.1, -0.05) is 60.7 Å². The number of hydrogen-bond donors (Lipinski definition) is 1. The lowest BCUT2D eigenvalue weighted by atomic mass is 10.1. The average Bonchev–Trinajstić information content (AvgIpc) is 3.10. The largest absolute Gasteiger partial charge is 0.489 e. The highest BCUT2D eigenvalue weighted by molar-refractivity contribution is 7.48. The van der Waals surface area contributed by atoms with E-state index >= 15 is 0 Å². The maximum Gasteiger partial charge on any atom is 0.475 e. The first-order valence-electron chi connectivity index (χ1n) is 17.9. The monoisotopic (exact) mass is 775 g/mol. The van der Waals surface area contributed by atoms with Crippen LogP contribution in [0, 0.1) is 0 Å². The number of phosphoric ester groups is 1. The molecule has 12 nitrogen and oxygen atoms in total. The van der Waals surface area contributed by atoms with Gasteiger partial charge in [0.25, 0.3) is 0 Å². The number of alkyl carbamates (subject to hydrolysis) is 1. The summed E-state index contributed by atoms with van der Waals surface area (Å²) in [6, 6.07) is 30.1. The molecule has 0 fully saturated rings. The summed E-state index contributed by atoms with van der Waals surface area (Å²) in [6.45, 7) is 10.9. The lowest BCUT2D eigenvalue weighted by molar-refractivity contribution is -0.134. The molecule has 4 aromatic carbocycles. The van der Waals surface area contributed by atoms with Crippen molar-refractivity contribution in [3.63, 3.8) is 0 Å². The van der Waals surface area contributed by atoms with Crippen LogP contribution in [-0.2, 0) is 52.1 Å². The molecule has 55 heavy (non-hydrogen) atoms. The molecule has 0 heterocycles. The van der Waals surface area contributed by atoms with Crippen molar-refractivity contribution < 1.29 is 51.5 Å². The Morgan fingerprint density at radius 3 is 2.00 bits per heavy atom. The van der Waals surface area contributed by atoms with E-state index in [1.807, 2.05) is 78.9 Å². The number of carbonyl (C=O) groups excluding carboxylic acids is 3. The second-order valence-electron chi connectivity index (χ2n) is 14.6. The number of esters is 1. The lowest BCUT2D eigenvalue weighted by Gasteiger charge is -2.28. The number of para-hydroxylation sites is 2. The maximum absolute atomic E-state index is 13.7. The van der Waals surface area contributed by atoms with Crippen LogP contribution in [0.5, 0.6) is 23.0 Å². The van der Waals surface area contributed by atoms with Gasteiger partial charge < -0.3 is 24.3 Å². The molecule has 0 bridgehead atoms. The first kappa shape index (κ1) is 42.7. The number of nitrogens with one attached hydrogen (secondary N) is 1. The molecule has 0 aliphatic carbocycles. The second kappa shape index (κ2) is 19.5. The molecule has 1 amide bonds. The van der Waals surface area contributed by atoms with Gasteiger partial charge in [0.15, 0.2) is 5.78 Å². The predicted octanol–water partition coefficient (Wildman–Crippen LogP) is 9.53. The summed E-state index contributed by atoms with van der Waals surface area (Å²) < 4.78 is 53.6. The van der Waals surface area contributed by atoms with Crippen molar-refractivity contribution in [3.8, 4) is 23.0 Å². The molecular weight excluding hydrogens is 725 g/mol. The Morgan fingerprint density at radius 2 is 1.33 bits per heavy atom. The third kappa shape index (κ3) is 15.7. The van der Waals surface area contributed by atoms with Crippen molar-refractivity contribution in [3.05, 3.63) is 120 Å². The molecular formula is C42H50NO11P. The molecule has 13 heteroatoms. The summed E-state index contributed by atoms with van der Waals surface area (Å²) in [5.74, 6) is 1.45. The summed E-state index contributed by atoms with van der Waals surface area (Å²) >= 11 is 0. The number of rotatable bonds is 18. The Morgan fingerprint density at radius 1 is 0.709 bits per heavy atom. The molecule has 0 aliphatic rings. The molecule has 4 rings (SSSR count). The summed E-state index contributed by atoms with van der Waals surface area (Å²) in [5.41, 5.74) is 0.538. The summed E-state index contributed by atoms with van der Waals surface area (Å²) in [4.78, 5) is 37.5. The van der Waals surface area contributed by atoms with Gasteiger partial charge in [0.1, 0.15) is 41.2 Å². The lowest BCUT2D eigenvalue weighted by Crippen LogP contribution is -2.45. The highest BCUT2D eigenvalue weighted by atomic mass is 31.2. The molecule has 0 radical (unpaired) electrons. The van der Waals surface area contributed by atoms with Crippen LogP contribution in [0.2, 0.25) is 0 Å². The van der Waals surface area contributed by atoms with Crippen LogP contribution in [0.4, 0.5) is 4.79 Å². The molecule has 2 atom stereocenters. The Kier molecular flexibility index (Phi) is 15.2. The number of aryl methyl sites for hydroxylation is 1. The molecule has 1 N–H and O–H groups in total. The van der Waals surface area contributed by atoms with Gasteiger partial charge in [0.05, 0.1) is 25.2 Å². The van der Waals surface area contributed by atoms with E-state index in [-0.39, 0.29) is 18.8 Å². The zero-order valence-electron chi connectivity index (χ0n) is 32.4. The summed E-state index contributed by atoms with van der Waals surface area (Å²) in [7, 11) is -4.29. The minimum Gasteiger partial charge on any atom is -0.489 e. The van der Waals surface area contributed by atoms with Gasteiger partial charge >= 0.3 is 19.9 Å². The van der Waals surface area contributed by atoms with Crippen molar-refractivity contribution in [1.29, 1.82) is 0 Å². The third-order valence-electron chi connectivity index (χ3n) is 7.33. The van der Waals surface area contributed by atoms with Crippen molar-refractivity contribution >= 4 is 25.7 Å². The van der Waals surface area contributed by atoms with E-state index in [2.05, 4.69) is 5.32 Å². The maximum atomic E-state index is 13.7. The van der Waals surface area contributed by atoms with E-state index < -0.39 is 49.5 Å². The zero-order chi connectivity index (χ0) is 40.1. The normalized spacial score (nSPS) is 13.2. The topological polar surface area (TPSA) is 145 Å². The second-order valence-corrected chi connectivity index (χ2v) is 16.2. The third-order valence-corrected chi connectivity index (χ3v) is 9.01. The summed E-state index contributed by atoms with van der Waals surface area (Å²) in [5, 5.41) is 2.43. The van der Waals surface area contributed by atoms with Gasteiger partial charge in [-0.25, -0.2) is 9.36 Å². The van der Waals surface area contributed by atoms with Crippen LogP contribution < -0.4 is 19.5 Å². The van der Waals surface area contributed by atoms with Crippen molar-refractivity contribution in [2.24, 2.45) is 0 Å². The fourth-order valence-electron chi connectivity index (χ4n) is 4.91. The Labute approximate surface area is 323 Å². The first-order chi connectivity index (χ1) is 26.0. The quantitative estimate of drug-likeness (QED) is 0.0586. The molecule has 4 aromatic rings. The van der Waals surface area contributed by atoms with Crippen molar-refractivity contribution in [1.82, 2.24) is 5.32 Å². The zero-order valence-corrected chi connectivity index (χ0v) is 33.3. The smallest absolute Gasteiger partial charge is 0.475 e. The van der Waals surface area contributed by atoms with E-state index in [0.29, 0.717) is 30.1 Å². The van der Waals surface area contributed by atoms with Gasteiger partial charge in [-0.3, -0.25) is 23.2 Å². The minimum atomic E-state index is -4.29. The highest BCUT2D eigenvalue weighted by Crippen LogP contribution is 2.53. The molecule has 1 unspecified atom stereocenters. The van der Waals surface area contributed by atoms with Crippen LogP contribution in [-0.4, -0.2) is 41.7 Å². The molecule has 0 spiro atoms. The van der Waals surface area contributed by atoms with Crippen molar-refractivity contribution in [2.75, 3.05) is 6.61 Å². The van der Waals surface area contributed by atoms with E-state index in [0.717, 1.165) is 16.9 Å². The van der Waals surface area contributed by atoms with Crippen LogP contribution in [0.15, 0.2) is 103 Å². The fourth-order valence-corrected chi connectivity index (χ4v) is 6.40. The van der Waals surface area contributed by atoms with E-state index in [1.165, 1.54) is 6.92 Å². The molecule has 0 saturated carbocycles. The van der Waals surface area contributed by atoms with E-state index in [1.54, 1.807) is 65.8 Å². The number of amides is 1. The number of phosphoric acid groups is 1. The Hall–Kier alpha value is -5.00. The van der Waals surface area contributed by atoms with E-state index in [9.17, 15) is 18.9 Å². The molecule has 0 aliphatic heterocycles. The number of hydrogen-bond acceptors (Lipinski definition) is 11. The standard InChI is InChI=1S/C42H50NO11P/c1-30(44)37(43-40(46)53-41(2,3)4)29-50-55(47,54-42(5,6)7)49-28-32-16-14-21-36(26-32)52-39(45)24-23-33-17-11-12-22-38(33)48-27-31-15-13-20-35(25-31)51-34-18-9-8-10-19-34/h8-22,25-26,37H,23-24,27-29H2,1-7H3,(H,43,46)/t37-,55?/m0/s1. The first-order valence-corrected chi connectivity index (χ1v) is 19.3. The molecule has 0 saturated heterocycles. The minimum absolute atomic E-state index is 0.0820. The average molecular weight is 776 g/mol. The van der Waals surface area contributed by atoms with Gasteiger partial charge in [-0.15, -0.1) is 0 Å². The number of ether oxygens (including phenoxy) is 4. The van der Waals surface area contributed by atoms with Gasteiger partial charge in [-0.2, -0.15) is 0 Å². The van der Waals surface area contributed by atoms with Gasteiger partial charge in [0.2, 0.25) is 0 Å². The number of benzene rings is 4. The predicted molar refractivity (Wildman–Crippen MR) is 207 cm³/mol. The van der Waals surface area contributed by atoms with Crippen LogP contribution in [0.1, 0.15) is 71.6 Å². The number of ketones is 1. The summed E-state index contributed by atoms with van der Waals surface area (Å²) in [6.07, 6.45) is -0.373. The van der Waals surface area contributed by atoms with E-state index in [4.69, 9.17) is 32.5 Å². The van der Waals surface area contributed by atoms with Crippen LogP contribution >= 0.6 is 7.82 Å². The number of Topliss-reactive ketones (excluding diaryl/α,β-unsaturated/α-hetero) is 1. The van der Waals surface area contributed by atoms with Gasteiger partial charge in [0, 0.05) is 0 Å². The fraction of sp³-hybridized carbons (Fsp3) is 0.357. The van der Waals surface area contributed by atoms with Crippen LogP contribution in [0.3, 0.4) is 0 Å². The Bertz CT molecular complexity index is 1940. The molecule has 0 aromatic heterocycles. The number of carbonyl (C=O) groups is 3. The highest BCUT2D eigenvalue weighted by Gasteiger charge is 2.35. The molecule has 294 valence electrons. The van der Waals surface area contributed by atoms with Crippen LogP contribution in [0.25, 0.3) is 0 Å². The Balaban J connectivity index is 1.31. The van der Waals surface area contributed by atoms with Crippen molar-refractivity contribution in [2.45, 2.75) is 91.8 Å².